The van der Waals surface area contributed by atoms with Gasteiger partial charge in [0, 0.05) is 24.3 Å². The van der Waals surface area contributed by atoms with Gasteiger partial charge in [-0.2, -0.15) is 0 Å². The van der Waals surface area contributed by atoms with Crippen molar-refractivity contribution < 1.29 is 0 Å². The van der Waals surface area contributed by atoms with Crippen LogP contribution >= 0.6 is 0 Å². The molecule has 5 nitrogen and oxygen atoms in total. The van der Waals surface area contributed by atoms with Crippen LogP contribution < -0.4 is 5.32 Å². The van der Waals surface area contributed by atoms with E-state index in [9.17, 15) is 0 Å². The van der Waals surface area contributed by atoms with Gasteiger partial charge in [0.15, 0.2) is 0 Å². The molecular formula is C13H13N5. The monoisotopic (exact) mass is 239 g/mol. The van der Waals surface area contributed by atoms with Crippen molar-refractivity contribution in [3.8, 4) is 0 Å². The summed E-state index contributed by atoms with van der Waals surface area (Å²) >= 11 is 0. The molecule has 0 saturated carbocycles. The lowest BCUT2D eigenvalue weighted by Crippen LogP contribution is -2.12. The van der Waals surface area contributed by atoms with Crippen molar-refractivity contribution in [2.24, 2.45) is 0 Å². The van der Waals surface area contributed by atoms with E-state index in [4.69, 9.17) is 0 Å². The Morgan fingerprint density at radius 2 is 2.06 bits per heavy atom. The molecule has 0 aliphatic heterocycles. The molecule has 3 aromatic rings. The van der Waals surface area contributed by atoms with Crippen molar-refractivity contribution in [3.63, 3.8) is 0 Å². The Morgan fingerprint density at radius 1 is 1.11 bits per heavy atom. The SMILES string of the molecule is c1ccc2c(NCCn3ccnn3)nccc2c1. The molecule has 0 fully saturated rings. The van der Waals surface area contributed by atoms with Crippen molar-refractivity contribution in [3.05, 3.63) is 48.9 Å². The van der Waals surface area contributed by atoms with E-state index in [2.05, 4.69) is 32.7 Å². The van der Waals surface area contributed by atoms with Crippen molar-refractivity contribution in [1.29, 1.82) is 0 Å². The summed E-state index contributed by atoms with van der Waals surface area (Å²) in [5.41, 5.74) is 0. The van der Waals surface area contributed by atoms with Gasteiger partial charge >= 0.3 is 0 Å². The van der Waals surface area contributed by atoms with Crippen molar-refractivity contribution in [1.82, 2.24) is 20.0 Å². The summed E-state index contributed by atoms with van der Waals surface area (Å²) in [7, 11) is 0. The Kier molecular flexibility index (Phi) is 2.87. The molecule has 2 aromatic heterocycles. The molecule has 0 radical (unpaired) electrons. The molecule has 0 aliphatic rings. The molecule has 1 aromatic carbocycles. The second-order valence-corrected chi connectivity index (χ2v) is 3.97. The number of nitrogens with zero attached hydrogens (tertiary/aromatic N) is 4. The molecule has 5 heteroatoms. The standard InChI is InChI=1S/C13H13N5/c1-2-4-12-11(3-1)5-6-14-13(12)15-7-9-18-10-8-16-17-18/h1-6,8,10H,7,9H2,(H,14,15). The van der Waals surface area contributed by atoms with E-state index in [0.29, 0.717) is 0 Å². The summed E-state index contributed by atoms with van der Waals surface area (Å²) in [5.74, 6) is 0.910. The molecule has 0 unspecified atom stereocenters. The van der Waals surface area contributed by atoms with E-state index in [1.54, 1.807) is 10.9 Å². The van der Waals surface area contributed by atoms with E-state index in [-0.39, 0.29) is 0 Å². The molecule has 3 rings (SSSR count). The first-order valence-electron chi connectivity index (χ1n) is 5.85. The minimum Gasteiger partial charge on any atom is -0.368 e. The zero-order valence-corrected chi connectivity index (χ0v) is 9.82. The van der Waals surface area contributed by atoms with E-state index in [0.717, 1.165) is 24.3 Å². The van der Waals surface area contributed by atoms with E-state index < -0.39 is 0 Å². The van der Waals surface area contributed by atoms with Gasteiger partial charge in [0.25, 0.3) is 0 Å². The van der Waals surface area contributed by atoms with Gasteiger partial charge in [0.1, 0.15) is 5.82 Å². The Balaban J connectivity index is 1.74. The summed E-state index contributed by atoms with van der Waals surface area (Å²) in [5, 5.41) is 13.3. The maximum absolute atomic E-state index is 4.37. The number of aromatic nitrogens is 4. The number of nitrogens with one attached hydrogen (secondary N) is 1. The average Bonchev–Trinajstić information content (AvgIpc) is 2.92. The zero-order valence-electron chi connectivity index (χ0n) is 9.82. The van der Waals surface area contributed by atoms with Crippen LogP contribution in [0.2, 0.25) is 0 Å². The van der Waals surface area contributed by atoms with Gasteiger partial charge in [0.05, 0.1) is 12.7 Å². The highest BCUT2D eigenvalue weighted by atomic mass is 15.4. The lowest BCUT2D eigenvalue weighted by Gasteiger charge is -2.08. The van der Waals surface area contributed by atoms with Gasteiger partial charge < -0.3 is 5.32 Å². The largest absolute Gasteiger partial charge is 0.368 e. The molecule has 0 aliphatic carbocycles. The first-order chi connectivity index (χ1) is 8.93. The van der Waals surface area contributed by atoms with E-state index >= 15 is 0 Å². The summed E-state index contributed by atoms with van der Waals surface area (Å²) in [6.45, 7) is 1.54. The number of fused-ring (bicyclic) bond motifs is 1. The lowest BCUT2D eigenvalue weighted by atomic mass is 10.1. The molecule has 90 valence electrons. The number of pyridine rings is 1. The summed E-state index contributed by atoms with van der Waals surface area (Å²) in [6.07, 6.45) is 5.34. The normalized spacial score (nSPS) is 10.7. The van der Waals surface area contributed by atoms with Crippen molar-refractivity contribution in [2.75, 3.05) is 11.9 Å². The number of hydrogen-bond acceptors (Lipinski definition) is 4. The highest BCUT2D eigenvalue weighted by Crippen LogP contribution is 2.19. The second kappa shape index (κ2) is 4.83. The molecule has 0 saturated heterocycles. The Labute approximate surface area is 104 Å². The van der Waals surface area contributed by atoms with Gasteiger partial charge in [-0.3, -0.25) is 4.68 Å². The number of anilines is 1. The Morgan fingerprint density at radius 3 is 2.94 bits per heavy atom. The Bertz CT molecular complexity index is 627. The minimum atomic E-state index is 0.768. The van der Waals surface area contributed by atoms with Crippen LogP contribution in [0, 0.1) is 0 Å². The predicted molar refractivity (Wildman–Crippen MR) is 70.3 cm³/mol. The zero-order chi connectivity index (χ0) is 12.2. The van der Waals surface area contributed by atoms with Crippen LogP contribution in [0.4, 0.5) is 5.82 Å². The fourth-order valence-electron chi connectivity index (χ4n) is 1.90. The third-order valence-electron chi connectivity index (χ3n) is 2.78. The van der Waals surface area contributed by atoms with Gasteiger partial charge in [-0.15, -0.1) is 5.10 Å². The Hall–Kier alpha value is -2.43. The first kappa shape index (κ1) is 10.7. The average molecular weight is 239 g/mol. The summed E-state index contributed by atoms with van der Waals surface area (Å²) < 4.78 is 1.79. The number of rotatable bonds is 4. The van der Waals surface area contributed by atoms with Crippen LogP contribution in [0.5, 0.6) is 0 Å². The van der Waals surface area contributed by atoms with Crippen LogP contribution in [0.25, 0.3) is 10.8 Å². The molecule has 0 spiro atoms. The number of hydrogen-bond donors (Lipinski definition) is 1. The minimum absolute atomic E-state index is 0.768. The lowest BCUT2D eigenvalue weighted by molar-refractivity contribution is 0.608. The van der Waals surface area contributed by atoms with Gasteiger partial charge in [-0.05, 0) is 11.5 Å². The fourth-order valence-corrected chi connectivity index (χ4v) is 1.90. The van der Waals surface area contributed by atoms with Crippen LogP contribution in [0.15, 0.2) is 48.9 Å². The smallest absolute Gasteiger partial charge is 0.133 e. The van der Waals surface area contributed by atoms with E-state index in [1.165, 1.54) is 5.39 Å². The van der Waals surface area contributed by atoms with Gasteiger partial charge in [-0.1, -0.05) is 29.5 Å². The molecule has 0 bridgehead atoms. The molecule has 0 atom stereocenters. The highest BCUT2D eigenvalue weighted by Gasteiger charge is 2.00. The third-order valence-corrected chi connectivity index (χ3v) is 2.78. The van der Waals surface area contributed by atoms with E-state index in [1.807, 2.05) is 30.6 Å². The van der Waals surface area contributed by atoms with Gasteiger partial charge in [-0.25, -0.2) is 4.98 Å². The predicted octanol–water partition coefficient (Wildman–Crippen LogP) is 1.94. The topological polar surface area (TPSA) is 55.6 Å². The maximum atomic E-state index is 4.37. The first-order valence-corrected chi connectivity index (χ1v) is 5.85. The van der Waals surface area contributed by atoms with Crippen LogP contribution in [-0.2, 0) is 6.54 Å². The third kappa shape index (κ3) is 2.15. The maximum Gasteiger partial charge on any atom is 0.133 e. The van der Waals surface area contributed by atoms with Crippen LogP contribution in [0.1, 0.15) is 0 Å². The molecule has 1 N–H and O–H groups in total. The number of benzene rings is 1. The van der Waals surface area contributed by atoms with Crippen molar-refractivity contribution in [2.45, 2.75) is 6.54 Å². The molecule has 2 heterocycles. The molecule has 18 heavy (non-hydrogen) atoms. The van der Waals surface area contributed by atoms with Gasteiger partial charge in [0.2, 0.25) is 0 Å². The second-order valence-electron chi connectivity index (χ2n) is 3.97. The quantitative estimate of drug-likeness (QED) is 0.756. The summed E-state index contributed by atoms with van der Waals surface area (Å²) in [4.78, 5) is 4.37. The highest BCUT2D eigenvalue weighted by molar-refractivity contribution is 5.91. The fraction of sp³-hybridized carbons (Fsp3) is 0.154. The van der Waals surface area contributed by atoms with Crippen LogP contribution in [0.3, 0.4) is 0 Å². The molecule has 0 amide bonds. The van der Waals surface area contributed by atoms with Crippen molar-refractivity contribution >= 4 is 16.6 Å². The summed E-state index contributed by atoms with van der Waals surface area (Å²) in [6, 6.07) is 10.2. The molecular weight excluding hydrogens is 226 g/mol. The van der Waals surface area contributed by atoms with Crippen LogP contribution in [-0.4, -0.2) is 26.5 Å².